The molecule has 34 heavy (non-hydrogen) atoms. The maximum atomic E-state index is 13.7. The summed E-state index contributed by atoms with van der Waals surface area (Å²) < 4.78 is 59.1. The van der Waals surface area contributed by atoms with Crippen LogP contribution in [0.25, 0.3) is 5.57 Å². The summed E-state index contributed by atoms with van der Waals surface area (Å²) in [6, 6.07) is 7.29. The van der Waals surface area contributed by atoms with Crippen molar-refractivity contribution in [3.63, 3.8) is 0 Å². The molecule has 1 aliphatic carbocycles. The summed E-state index contributed by atoms with van der Waals surface area (Å²) in [6.45, 7) is 3.90. The van der Waals surface area contributed by atoms with Crippen LogP contribution in [0.1, 0.15) is 48.1 Å². The lowest BCUT2D eigenvalue weighted by Gasteiger charge is -2.43. The minimum Gasteiger partial charge on any atom is -0.490 e. The molecule has 0 amide bonds. The van der Waals surface area contributed by atoms with Crippen LogP contribution in [0.15, 0.2) is 42.2 Å². The molecule has 0 unspecified atom stereocenters. The Bertz CT molecular complexity index is 1040. The van der Waals surface area contributed by atoms with Crippen LogP contribution in [-0.4, -0.2) is 55.0 Å². The number of rotatable bonds is 9. The minimum atomic E-state index is -4.31. The fraction of sp³-hybridized carbons (Fsp3) is 0.500. The number of ether oxygens (including phenoxy) is 1. The Morgan fingerprint density at radius 1 is 1.18 bits per heavy atom. The van der Waals surface area contributed by atoms with Gasteiger partial charge in [0.2, 0.25) is 0 Å². The molecule has 0 bridgehead atoms. The van der Waals surface area contributed by atoms with Crippen LogP contribution >= 0.6 is 0 Å². The number of aromatic nitrogens is 1. The van der Waals surface area contributed by atoms with E-state index in [0.29, 0.717) is 44.7 Å². The van der Waals surface area contributed by atoms with Crippen LogP contribution in [0.5, 0.6) is 5.75 Å². The van der Waals surface area contributed by atoms with Gasteiger partial charge in [0, 0.05) is 18.8 Å². The Hall–Kier alpha value is -2.45. The second-order valence-corrected chi connectivity index (χ2v) is 9.07. The quantitative estimate of drug-likeness (QED) is 0.386. The van der Waals surface area contributed by atoms with E-state index in [-0.39, 0.29) is 12.7 Å². The summed E-state index contributed by atoms with van der Waals surface area (Å²) in [5, 5.41) is 3.11. The van der Waals surface area contributed by atoms with E-state index in [1.165, 1.54) is 0 Å². The van der Waals surface area contributed by atoms with Gasteiger partial charge in [0.05, 0.1) is 25.5 Å². The zero-order chi connectivity index (χ0) is 24.3. The van der Waals surface area contributed by atoms with Crippen LogP contribution in [0.2, 0.25) is 0 Å². The number of nitrogens with zero attached hydrogens (tertiary/aromatic N) is 2. The van der Waals surface area contributed by atoms with E-state index in [1.807, 2.05) is 26.0 Å². The highest BCUT2D eigenvalue weighted by Gasteiger charge is 2.44. The number of hydrogen-bond acceptors (Lipinski definition) is 4. The molecule has 4 nitrogen and oxygen atoms in total. The second-order valence-electron chi connectivity index (χ2n) is 9.07. The first-order valence-electron chi connectivity index (χ1n) is 11.8. The number of benzene rings is 1. The van der Waals surface area contributed by atoms with Crippen LogP contribution in [0.4, 0.5) is 17.6 Å². The predicted octanol–water partition coefficient (Wildman–Crippen LogP) is 5.43. The molecule has 1 N–H and O–H groups in total. The van der Waals surface area contributed by atoms with Crippen molar-refractivity contribution in [3.05, 3.63) is 64.5 Å². The van der Waals surface area contributed by atoms with Crippen LogP contribution in [0.3, 0.4) is 0 Å². The summed E-state index contributed by atoms with van der Waals surface area (Å²) in [4.78, 5) is 5.91. The lowest BCUT2D eigenvalue weighted by Crippen LogP contribution is -2.46. The first kappa shape index (κ1) is 24.7. The molecule has 0 saturated heterocycles. The smallest absolute Gasteiger partial charge is 0.401 e. The maximum Gasteiger partial charge on any atom is 0.401 e. The highest BCUT2D eigenvalue weighted by Crippen LogP contribution is 2.50. The van der Waals surface area contributed by atoms with Crippen molar-refractivity contribution in [1.29, 1.82) is 0 Å². The molecule has 0 radical (unpaired) electrons. The highest BCUT2D eigenvalue weighted by molar-refractivity contribution is 5.79. The van der Waals surface area contributed by atoms with E-state index in [9.17, 15) is 17.6 Å². The summed E-state index contributed by atoms with van der Waals surface area (Å²) in [7, 11) is 0. The van der Waals surface area contributed by atoms with Crippen molar-refractivity contribution in [3.8, 4) is 5.75 Å². The number of hydrogen-bond donors (Lipinski definition) is 1. The highest BCUT2D eigenvalue weighted by atomic mass is 19.4. The van der Waals surface area contributed by atoms with Crippen LogP contribution in [-0.2, 0) is 6.42 Å². The Labute approximate surface area is 198 Å². The van der Waals surface area contributed by atoms with Crippen molar-refractivity contribution in [2.24, 2.45) is 0 Å². The molecular formula is C26H31F4N3O. The number of fused-ring (bicyclic) bond motifs is 2. The molecular weight excluding hydrogens is 446 g/mol. The number of nitrogens with one attached hydrogen (secondary N) is 1. The Morgan fingerprint density at radius 3 is 2.74 bits per heavy atom. The largest absolute Gasteiger partial charge is 0.490 e. The molecule has 1 aromatic heterocycles. The third kappa shape index (κ3) is 5.28. The van der Waals surface area contributed by atoms with Gasteiger partial charge in [-0.3, -0.25) is 14.3 Å². The van der Waals surface area contributed by atoms with Gasteiger partial charge in [0.15, 0.2) is 0 Å². The summed E-state index contributed by atoms with van der Waals surface area (Å²) in [6.07, 6.45) is 0.661. The van der Waals surface area contributed by atoms with E-state index in [2.05, 4.69) is 22.4 Å². The van der Waals surface area contributed by atoms with Crippen molar-refractivity contribution >= 4 is 5.57 Å². The number of halogens is 4. The number of pyridine rings is 1. The SMILES string of the molecule is Cc1c(OCCNCCCF)cncc1[C@@H]1C2=C(C[C@@H](C)N1CC(F)(F)F)c1ccccc1C2. The Morgan fingerprint density at radius 2 is 1.97 bits per heavy atom. The summed E-state index contributed by atoms with van der Waals surface area (Å²) in [5.41, 5.74) is 6.05. The van der Waals surface area contributed by atoms with Crippen LogP contribution in [0, 0.1) is 6.92 Å². The minimum absolute atomic E-state index is 0.278. The van der Waals surface area contributed by atoms with Crippen molar-refractivity contribution in [2.75, 3.05) is 32.9 Å². The summed E-state index contributed by atoms with van der Waals surface area (Å²) >= 11 is 0. The van der Waals surface area contributed by atoms with Gasteiger partial charge >= 0.3 is 6.18 Å². The average Bonchev–Trinajstić information content (AvgIpc) is 3.15. The van der Waals surface area contributed by atoms with Crippen molar-refractivity contribution < 1.29 is 22.3 Å². The molecule has 1 aromatic carbocycles. The standard InChI is InChI=1S/C26H31F4N3O/c1-17-12-21-20-7-4-3-6-19(20)13-22(21)25(33(17)16-26(28,29)30)23-14-32-15-24(18(23)2)34-11-10-31-9-5-8-27/h3-4,6-7,14-15,17,25,31H,5,8-13,16H2,1-2H3/t17-,25+/m1/s1. The number of alkyl halides is 4. The summed E-state index contributed by atoms with van der Waals surface area (Å²) in [5.74, 6) is 0.563. The van der Waals surface area contributed by atoms with Crippen molar-refractivity contribution in [1.82, 2.24) is 15.2 Å². The second kappa shape index (κ2) is 10.4. The maximum absolute atomic E-state index is 13.7. The van der Waals surface area contributed by atoms with Gasteiger partial charge in [-0.25, -0.2) is 0 Å². The molecule has 8 heteroatoms. The third-order valence-electron chi connectivity index (χ3n) is 6.73. The van der Waals surface area contributed by atoms with Gasteiger partial charge in [0.1, 0.15) is 12.4 Å². The molecule has 184 valence electrons. The molecule has 4 rings (SSSR count). The molecule has 0 fully saturated rings. The van der Waals surface area contributed by atoms with Gasteiger partial charge < -0.3 is 10.1 Å². The van der Waals surface area contributed by atoms with Gasteiger partial charge in [-0.2, -0.15) is 13.2 Å². The normalized spacial score (nSPS) is 20.4. The van der Waals surface area contributed by atoms with Gasteiger partial charge in [0.25, 0.3) is 0 Å². The molecule has 1 aliphatic heterocycles. The fourth-order valence-corrected chi connectivity index (χ4v) is 5.14. The van der Waals surface area contributed by atoms with E-state index >= 15 is 0 Å². The van der Waals surface area contributed by atoms with Crippen LogP contribution < -0.4 is 10.1 Å². The van der Waals surface area contributed by atoms with E-state index in [0.717, 1.165) is 33.4 Å². The fourth-order valence-electron chi connectivity index (χ4n) is 5.14. The Balaban J connectivity index is 1.66. The van der Waals surface area contributed by atoms with E-state index < -0.39 is 18.8 Å². The van der Waals surface area contributed by atoms with E-state index in [1.54, 1.807) is 17.3 Å². The van der Waals surface area contributed by atoms with Gasteiger partial charge in [-0.1, -0.05) is 24.3 Å². The average molecular weight is 478 g/mol. The lowest BCUT2D eigenvalue weighted by atomic mass is 9.84. The molecule has 0 spiro atoms. The molecule has 2 aromatic rings. The third-order valence-corrected chi connectivity index (χ3v) is 6.73. The van der Waals surface area contributed by atoms with Gasteiger partial charge in [-0.05, 0) is 73.1 Å². The van der Waals surface area contributed by atoms with Gasteiger partial charge in [-0.15, -0.1) is 0 Å². The van der Waals surface area contributed by atoms with Crippen molar-refractivity contribution in [2.45, 2.75) is 51.4 Å². The van der Waals surface area contributed by atoms with E-state index in [4.69, 9.17) is 4.74 Å². The first-order valence-corrected chi connectivity index (χ1v) is 11.8. The molecule has 0 saturated carbocycles. The first-order chi connectivity index (χ1) is 16.3. The predicted molar refractivity (Wildman–Crippen MR) is 125 cm³/mol. The monoisotopic (exact) mass is 477 g/mol. The zero-order valence-electron chi connectivity index (χ0n) is 19.6. The Kier molecular flexibility index (Phi) is 7.57. The molecule has 2 atom stereocenters. The zero-order valence-corrected chi connectivity index (χ0v) is 19.6. The molecule has 2 aliphatic rings. The topological polar surface area (TPSA) is 37.4 Å². The molecule has 2 heterocycles. The lowest BCUT2D eigenvalue weighted by molar-refractivity contribution is -0.155.